The van der Waals surface area contributed by atoms with Gasteiger partial charge in [0.05, 0.1) is 68.6 Å². The fourth-order valence-corrected chi connectivity index (χ4v) is 14.7. The summed E-state index contributed by atoms with van der Waals surface area (Å²) in [6.45, 7) is 4.36. The van der Waals surface area contributed by atoms with Crippen LogP contribution in [0.3, 0.4) is 0 Å². The highest BCUT2D eigenvalue weighted by Gasteiger charge is 2.64. The number of aryl methyl sites for hydroxylation is 2. The van der Waals surface area contributed by atoms with E-state index in [1.807, 2.05) is 0 Å². The minimum atomic E-state index is -4.73. The molecule has 42 heavy (non-hydrogen) atoms. The number of rotatable bonds is 6. The van der Waals surface area contributed by atoms with E-state index < -0.39 is 104 Å². The fourth-order valence-electron chi connectivity index (χ4n) is 6.19. The van der Waals surface area contributed by atoms with Crippen molar-refractivity contribution >= 4 is 45.7 Å². The van der Waals surface area contributed by atoms with Crippen LogP contribution in [-0.2, 0) is 39.7 Å². The Bertz CT molecular complexity index is 1870. The molecule has 0 unspecified atom stereocenters. The standard InChI is InChI=1S/C25H30N2O11S4/c1-14-4-6-17(16(3)28)8-23(14)41(35,36)26-19-10-39(31,32)12-21(19)27(22-13-40(33,34)11-20(22)26)42(37,38)24-9-18(25(29)30)7-5-15(24)2/h4-9,16,19-22,28H,10-13H2,1-3H3,(H,29,30)/t16-,19-,20+,21+,22+/m0/s1. The molecule has 2 N–H and O–H groups in total. The lowest BCUT2D eigenvalue weighted by Gasteiger charge is -2.49. The van der Waals surface area contributed by atoms with Gasteiger partial charge in [0.1, 0.15) is 0 Å². The van der Waals surface area contributed by atoms with Crippen LogP contribution in [0.25, 0.3) is 0 Å². The minimum Gasteiger partial charge on any atom is -0.478 e. The quantitative estimate of drug-likeness (QED) is 0.424. The largest absolute Gasteiger partial charge is 0.478 e. The summed E-state index contributed by atoms with van der Waals surface area (Å²) in [6.07, 6.45) is -1.04. The number of aliphatic hydroxyl groups is 1. The minimum absolute atomic E-state index is 0.149. The zero-order valence-electron chi connectivity index (χ0n) is 22.8. The van der Waals surface area contributed by atoms with E-state index in [0.717, 1.165) is 14.7 Å². The van der Waals surface area contributed by atoms with Gasteiger partial charge in [0.25, 0.3) is 0 Å². The molecule has 2 aromatic rings. The third-order valence-electron chi connectivity index (χ3n) is 8.14. The Labute approximate surface area is 244 Å². The average molecular weight is 663 g/mol. The molecule has 3 heterocycles. The first-order chi connectivity index (χ1) is 19.3. The van der Waals surface area contributed by atoms with Crippen molar-refractivity contribution < 1.29 is 48.7 Å². The molecule has 0 aromatic heterocycles. The van der Waals surface area contributed by atoms with Crippen LogP contribution in [-0.4, -0.2) is 106 Å². The molecule has 0 bridgehead atoms. The fraction of sp³-hybridized carbons (Fsp3) is 0.480. The maximum atomic E-state index is 14.3. The smallest absolute Gasteiger partial charge is 0.335 e. The predicted octanol–water partition coefficient (Wildman–Crippen LogP) is 0.0813. The summed E-state index contributed by atoms with van der Waals surface area (Å²) >= 11 is 0. The number of nitrogens with zero attached hydrogens (tertiary/aromatic N) is 2. The zero-order valence-corrected chi connectivity index (χ0v) is 26.0. The van der Waals surface area contributed by atoms with E-state index in [2.05, 4.69) is 0 Å². The van der Waals surface area contributed by atoms with Crippen LogP contribution in [0.4, 0.5) is 0 Å². The van der Waals surface area contributed by atoms with Crippen LogP contribution in [0.5, 0.6) is 0 Å². The van der Waals surface area contributed by atoms with Crippen LogP contribution in [0, 0.1) is 13.8 Å². The second-order valence-corrected chi connectivity index (χ2v) is 19.0. The Balaban J connectivity index is 1.74. The molecule has 230 valence electrons. The molecule has 0 spiro atoms. The Morgan fingerprint density at radius 2 is 1.14 bits per heavy atom. The van der Waals surface area contributed by atoms with Gasteiger partial charge in [-0.25, -0.2) is 38.5 Å². The summed E-state index contributed by atoms with van der Waals surface area (Å²) in [5.74, 6) is -4.39. The van der Waals surface area contributed by atoms with Crippen LogP contribution in [0.2, 0.25) is 0 Å². The van der Waals surface area contributed by atoms with E-state index >= 15 is 0 Å². The van der Waals surface area contributed by atoms with Crippen LogP contribution in [0.15, 0.2) is 46.2 Å². The molecule has 3 aliphatic rings. The first kappa shape index (κ1) is 31.0. The lowest BCUT2D eigenvalue weighted by atomic mass is 10.0. The molecule has 3 saturated heterocycles. The predicted molar refractivity (Wildman–Crippen MR) is 150 cm³/mol. The van der Waals surface area contributed by atoms with Gasteiger partial charge in [-0.1, -0.05) is 18.2 Å². The van der Waals surface area contributed by atoms with Crippen LogP contribution < -0.4 is 0 Å². The topological polar surface area (TPSA) is 201 Å². The summed E-state index contributed by atoms with van der Waals surface area (Å²) < 4.78 is 111. The van der Waals surface area contributed by atoms with Crippen LogP contribution in [0.1, 0.15) is 40.1 Å². The van der Waals surface area contributed by atoms with E-state index in [0.29, 0.717) is 0 Å². The monoisotopic (exact) mass is 662 g/mol. The average Bonchev–Trinajstić information content (AvgIpc) is 3.34. The van der Waals surface area contributed by atoms with E-state index in [4.69, 9.17) is 0 Å². The van der Waals surface area contributed by atoms with Gasteiger partial charge in [-0.2, -0.15) is 8.61 Å². The van der Waals surface area contributed by atoms with E-state index in [1.165, 1.54) is 51.1 Å². The van der Waals surface area contributed by atoms with Gasteiger partial charge in [-0.3, -0.25) is 0 Å². The molecule has 3 fully saturated rings. The van der Waals surface area contributed by atoms with Crippen molar-refractivity contribution in [3.63, 3.8) is 0 Å². The van der Waals surface area contributed by atoms with E-state index in [-0.39, 0.29) is 27.1 Å². The Kier molecular flexibility index (Phi) is 7.44. The number of aliphatic hydroxyl groups excluding tert-OH is 1. The molecule has 5 rings (SSSR count). The number of carboxylic acid groups (broad SMARTS) is 1. The second kappa shape index (κ2) is 10.1. The second-order valence-electron chi connectivity index (χ2n) is 11.1. The van der Waals surface area contributed by atoms with Gasteiger partial charge in [0.15, 0.2) is 19.7 Å². The zero-order chi connectivity index (χ0) is 31.2. The van der Waals surface area contributed by atoms with Crippen molar-refractivity contribution in [2.45, 2.75) is 60.8 Å². The molecule has 0 aliphatic carbocycles. The van der Waals surface area contributed by atoms with Crippen molar-refractivity contribution in [2.24, 2.45) is 0 Å². The Hall–Kier alpha value is -2.41. The SMILES string of the molecule is Cc1ccc(C(=O)O)cc1S(=O)(=O)N1[C@@H]2CS(=O)(=O)C[C@H]2N(S(=O)(=O)c2cc([C@H](C)O)ccc2C)[C@H]2CS(=O)(=O)C[C@H]21. The maximum absolute atomic E-state index is 14.3. The number of aromatic carboxylic acids is 1. The number of carboxylic acids is 1. The van der Waals surface area contributed by atoms with Crippen LogP contribution >= 0.6 is 0 Å². The maximum Gasteiger partial charge on any atom is 0.335 e. The van der Waals surface area contributed by atoms with Gasteiger partial charge in [0.2, 0.25) is 20.0 Å². The number of carbonyl (C=O) groups is 1. The van der Waals surface area contributed by atoms with Gasteiger partial charge in [-0.05, 0) is 55.7 Å². The lowest BCUT2D eigenvalue weighted by molar-refractivity contribution is 0.0696. The summed E-state index contributed by atoms with van der Waals surface area (Å²) in [5, 5.41) is 19.6. The third-order valence-corrected chi connectivity index (χ3v) is 15.7. The van der Waals surface area contributed by atoms with Gasteiger partial charge in [-0.15, -0.1) is 0 Å². The lowest BCUT2D eigenvalue weighted by Crippen LogP contribution is -2.70. The number of benzene rings is 2. The molecular formula is C25H30N2O11S4. The highest BCUT2D eigenvalue weighted by molar-refractivity contribution is 7.93. The van der Waals surface area contributed by atoms with E-state index in [1.54, 1.807) is 0 Å². The molecule has 3 aliphatic heterocycles. The number of piperazine rings is 1. The normalized spacial score (nSPS) is 28.2. The molecule has 13 nitrogen and oxygen atoms in total. The van der Waals surface area contributed by atoms with Crippen molar-refractivity contribution in [1.82, 2.24) is 8.61 Å². The number of hydrogen-bond donors (Lipinski definition) is 2. The highest BCUT2D eigenvalue weighted by Crippen LogP contribution is 2.44. The van der Waals surface area contributed by atoms with Crippen molar-refractivity contribution in [1.29, 1.82) is 0 Å². The number of fused-ring (bicyclic) bond motifs is 2. The number of sulfonamides is 2. The summed E-state index contributed by atoms with van der Waals surface area (Å²) in [6, 6.07) is 1.80. The van der Waals surface area contributed by atoms with Gasteiger partial charge in [0, 0.05) is 0 Å². The first-order valence-corrected chi connectivity index (χ1v) is 19.4. The third kappa shape index (κ3) is 5.07. The number of sulfone groups is 2. The van der Waals surface area contributed by atoms with Crippen molar-refractivity contribution in [3.8, 4) is 0 Å². The summed E-state index contributed by atoms with van der Waals surface area (Å²) in [4.78, 5) is 10.9. The Morgan fingerprint density at radius 1 is 0.762 bits per heavy atom. The molecular weight excluding hydrogens is 633 g/mol. The Morgan fingerprint density at radius 3 is 1.52 bits per heavy atom. The van der Waals surface area contributed by atoms with Gasteiger partial charge < -0.3 is 10.2 Å². The van der Waals surface area contributed by atoms with Crippen molar-refractivity contribution in [2.75, 3.05) is 23.0 Å². The van der Waals surface area contributed by atoms with Crippen molar-refractivity contribution in [3.05, 3.63) is 58.7 Å². The number of hydrogen-bond acceptors (Lipinski definition) is 10. The van der Waals surface area contributed by atoms with Gasteiger partial charge >= 0.3 is 5.97 Å². The van der Waals surface area contributed by atoms with E-state index in [9.17, 15) is 48.7 Å². The molecule has 5 atom stereocenters. The highest BCUT2D eigenvalue weighted by atomic mass is 32.2. The molecule has 0 saturated carbocycles. The summed E-state index contributed by atoms with van der Waals surface area (Å²) in [5.41, 5.74) is 0.334. The summed E-state index contributed by atoms with van der Waals surface area (Å²) in [7, 11) is -17.4. The first-order valence-electron chi connectivity index (χ1n) is 12.9. The molecule has 0 radical (unpaired) electrons. The molecule has 2 aromatic carbocycles. The molecule has 17 heteroatoms. The molecule has 0 amide bonds.